The number of carboxylic acid groups (broad SMARTS) is 1. The lowest BCUT2D eigenvalue weighted by molar-refractivity contribution is -0.159. The van der Waals surface area contributed by atoms with Crippen molar-refractivity contribution in [2.24, 2.45) is 5.41 Å². The van der Waals surface area contributed by atoms with E-state index < -0.39 is 11.4 Å². The van der Waals surface area contributed by atoms with Gasteiger partial charge in [0.25, 0.3) is 0 Å². The van der Waals surface area contributed by atoms with Gasteiger partial charge in [0.2, 0.25) is 5.91 Å². The molecule has 1 aliphatic heterocycles. The van der Waals surface area contributed by atoms with Crippen LogP contribution in [0.25, 0.3) is 11.0 Å². The van der Waals surface area contributed by atoms with Crippen LogP contribution in [0.2, 0.25) is 0 Å². The maximum atomic E-state index is 12.7. The summed E-state index contributed by atoms with van der Waals surface area (Å²) in [5.41, 5.74) is 1.33. The Kier molecular flexibility index (Phi) is 4.77. The number of hydrogen-bond donors (Lipinski definition) is 1. The van der Waals surface area contributed by atoms with E-state index in [4.69, 9.17) is 4.74 Å². The van der Waals surface area contributed by atoms with E-state index in [-0.39, 0.29) is 25.5 Å². The van der Waals surface area contributed by atoms with Crippen LogP contribution in [-0.2, 0) is 20.7 Å². The van der Waals surface area contributed by atoms with Gasteiger partial charge in [-0.3, -0.25) is 9.59 Å². The van der Waals surface area contributed by atoms with Crippen molar-refractivity contribution in [1.29, 1.82) is 0 Å². The minimum absolute atomic E-state index is 0.0862. The monoisotopic (exact) mass is 349 g/mol. The summed E-state index contributed by atoms with van der Waals surface area (Å²) < 4.78 is 13.5. The molecule has 1 aliphatic rings. The first-order valence-electron chi connectivity index (χ1n) is 7.76. The fraction of sp³-hybridized carbons (Fsp3) is 0.500. The Morgan fingerprint density at radius 1 is 1.42 bits per heavy atom. The number of carbonyl (C=O) groups excluding carboxylic acids is 1. The molecule has 1 aromatic heterocycles. The molecule has 0 spiro atoms. The SMILES string of the molecule is COCC1(C(=O)O)CCCN(C(=O)Cc2cccc3nsnc23)C1. The van der Waals surface area contributed by atoms with Gasteiger partial charge in [-0.05, 0) is 24.5 Å². The molecule has 7 nitrogen and oxygen atoms in total. The lowest BCUT2D eigenvalue weighted by atomic mass is 9.80. The largest absolute Gasteiger partial charge is 0.481 e. The number of fused-ring (bicyclic) bond motifs is 1. The Balaban J connectivity index is 1.77. The average Bonchev–Trinajstić information content (AvgIpc) is 3.05. The van der Waals surface area contributed by atoms with Gasteiger partial charge in [0.1, 0.15) is 16.4 Å². The van der Waals surface area contributed by atoms with Gasteiger partial charge in [0.05, 0.1) is 24.8 Å². The Labute approximate surface area is 143 Å². The van der Waals surface area contributed by atoms with E-state index >= 15 is 0 Å². The molecule has 24 heavy (non-hydrogen) atoms. The second-order valence-corrected chi connectivity index (χ2v) is 6.69. The van der Waals surface area contributed by atoms with Crippen LogP contribution < -0.4 is 0 Å². The summed E-state index contributed by atoms with van der Waals surface area (Å²) in [6.45, 7) is 0.862. The molecule has 1 unspecified atom stereocenters. The molecule has 1 fully saturated rings. The van der Waals surface area contributed by atoms with Crippen molar-refractivity contribution in [2.45, 2.75) is 19.3 Å². The van der Waals surface area contributed by atoms with E-state index in [9.17, 15) is 14.7 Å². The highest BCUT2D eigenvalue weighted by Crippen LogP contribution is 2.31. The summed E-state index contributed by atoms with van der Waals surface area (Å²) in [5, 5.41) is 9.59. The summed E-state index contributed by atoms with van der Waals surface area (Å²) in [6, 6.07) is 5.59. The van der Waals surface area contributed by atoms with Crippen LogP contribution in [0.3, 0.4) is 0 Å². The predicted molar refractivity (Wildman–Crippen MR) is 88.9 cm³/mol. The standard InChI is InChI=1S/C16H19N3O4S/c1-23-10-16(15(21)22)6-3-7-19(9-16)13(20)8-11-4-2-5-12-14(11)18-24-17-12/h2,4-5H,3,6-10H2,1H3,(H,21,22). The molecule has 8 heteroatoms. The van der Waals surface area contributed by atoms with Crippen molar-refractivity contribution >= 4 is 34.6 Å². The van der Waals surface area contributed by atoms with E-state index in [1.807, 2.05) is 18.2 Å². The topological polar surface area (TPSA) is 92.6 Å². The van der Waals surface area contributed by atoms with E-state index in [1.165, 1.54) is 7.11 Å². The molecule has 3 rings (SSSR count). The van der Waals surface area contributed by atoms with Gasteiger partial charge < -0.3 is 14.7 Å². The highest BCUT2D eigenvalue weighted by Gasteiger charge is 2.43. The zero-order valence-corrected chi connectivity index (χ0v) is 14.2. The van der Waals surface area contributed by atoms with Gasteiger partial charge >= 0.3 is 5.97 Å². The normalized spacial score (nSPS) is 21.1. The molecule has 0 saturated carbocycles. The summed E-state index contributed by atoms with van der Waals surface area (Å²) >= 11 is 1.12. The van der Waals surface area contributed by atoms with Crippen LogP contribution in [0.1, 0.15) is 18.4 Å². The number of nitrogens with zero attached hydrogens (tertiary/aromatic N) is 3. The number of ether oxygens (including phenoxy) is 1. The van der Waals surface area contributed by atoms with Gasteiger partial charge in [0, 0.05) is 20.2 Å². The number of carbonyl (C=O) groups is 2. The first kappa shape index (κ1) is 16.8. The zero-order chi connectivity index (χ0) is 17.2. The van der Waals surface area contributed by atoms with Crippen molar-refractivity contribution in [3.8, 4) is 0 Å². The Morgan fingerprint density at radius 2 is 2.25 bits per heavy atom. The molecule has 0 bridgehead atoms. The summed E-state index contributed by atoms with van der Waals surface area (Å²) in [7, 11) is 1.49. The molecule has 1 saturated heterocycles. The second kappa shape index (κ2) is 6.82. The van der Waals surface area contributed by atoms with Crippen LogP contribution in [0.15, 0.2) is 18.2 Å². The summed E-state index contributed by atoms with van der Waals surface area (Å²) in [4.78, 5) is 26.0. The molecule has 1 aromatic carbocycles. The average molecular weight is 349 g/mol. The zero-order valence-electron chi connectivity index (χ0n) is 13.4. The van der Waals surface area contributed by atoms with Crippen LogP contribution in [0.4, 0.5) is 0 Å². The molecular formula is C16H19N3O4S. The molecular weight excluding hydrogens is 330 g/mol. The molecule has 0 radical (unpaired) electrons. The first-order chi connectivity index (χ1) is 11.6. The Bertz CT molecular complexity index is 759. The van der Waals surface area contributed by atoms with Crippen molar-refractivity contribution in [2.75, 3.05) is 26.8 Å². The fourth-order valence-corrected chi connectivity index (χ4v) is 3.82. The number of amides is 1. The number of benzene rings is 1. The molecule has 0 aliphatic carbocycles. The van der Waals surface area contributed by atoms with E-state index in [0.29, 0.717) is 19.4 Å². The predicted octanol–water partition coefficient (Wildman–Crippen LogP) is 1.57. The first-order valence-corrected chi connectivity index (χ1v) is 8.49. The second-order valence-electron chi connectivity index (χ2n) is 6.16. The van der Waals surface area contributed by atoms with Crippen LogP contribution in [0.5, 0.6) is 0 Å². The van der Waals surface area contributed by atoms with E-state index in [1.54, 1.807) is 4.90 Å². The maximum absolute atomic E-state index is 12.7. The van der Waals surface area contributed by atoms with Crippen LogP contribution in [0, 0.1) is 5.41 Å². The number of rotatable bonds is 5. The molecule has 2 aromatic rings. The van der Waals surface area contributed by atoms with Crippen LogP contribution in [-0.4, -0.2) is 57.4 Å². The van der Waals surface area contributed by atoms with Gasteiger partial charge in [-0.2, -0.15) is 8.75 Å². The highest BCUT2D eigenvalue weighted by molar-refractivity contribution is 7.00. The number of hydrogen-bond acceptors (Lipinski definition) is 6. The minimum atomic E-state index is -1.02. The Hall–Kier alpha value is -2.06. The molecule has 128 valence electrons. The number of piperidine rings is 1. The molecule has 2 heterocycles. The van der Waals surface area contributed by atoms with Crippen molar-refractivity contribution < 1.29 is 19.4 Å². The fourth-order valence-electron chi connectivity index (χ4n) is 3.25. The number of methoxy groups -OCH3 is 1. The molecule has 1 atom stereocenters. The summed E-state index contributed by atoms with van der Waals surface area (Å²) in [5.74, 6) is -0.996. The smallest absolute Gasteiger partial charge is 0.313 e. The quantitative estimate of drug-likeness (QED) is 0.881. The van der Waals surface area contributed by atoms with Crippen LogP contribution >= 0.6 is 11.7 Å². The van der Waals surface area contributed by atoms with Gasteiger partial charge in [-0.1, -0.05) is 12.1 Å². The van der Waals surface area contributed by atoms with Crippen molar-refractivity contribution in [3.63, 3.8) is 0 Å². The van der Waals surface area contributed by atoms with Crippen molar-refractivity contribution in [3.05, 3.63) is 23.8 Å². The maximum Gasteiger partial charge on any atom is 0.313 e. The summed E-state index contributed by atoms with van der Waals surface area (Å²) in [6.07, 6.45) is 1.38. The highest BCUT2D eigenvalue weighted by atomic mass is 32.1. The van der Waals surface area contributed by atoms with Gasteiger partial charge in [-0.25, -0.2) is 0 Å². The van der Waals surface area contributed by atoms with E-state index in [2.05, 4.69) is 8.75 Å². The third kappa shape index (κ3) is 3.11. The Morgan fingerprint density at radius 3 is 3.00 bits per heavy atom. The lowest BCUT2D eigenvalue weighted by Gasteiger charge is -2.39. The van der Waals surface area contributed by atoms with Crippen molar-refractivity contribution in [1.82, 2.24) is 13.6 Å². The van der Waals surface area contributed by atoms with E-state index in [0.717, 1.165) is 28.3 Å². The third-order valence-electron chi connectivity index (χ3n) is 4.52. The number of likely N-dealkylation sites (tertiary alicyclic amines) is 1. The van der Waals surface area contributed by atoms with Gasteiger partial charge in [-0.15, -0.1) is 0 Å². The number of aliphatic carboxylic acids is 1. The minimum Gasteiger partial charge on any atom is -0.481 e. The molecule has 1 amide bonds. The lowest BCUT2D eigenvalue weighted by Crippen LogP contribution is -2.52. The molecule has 1 N–H and O–H groups in total. The number of carboxylic acids is 1. The third-order valence-corrected chi connectivity index (χ3v) is 5.06. The number of aromatic nitrogens is 2. The van der Waals surface area contributed by atoms with Gasteiger partial charge in [0.15, 0.2) is 0 Å².